The second-order valence-electron chi connectivity index (χ2n) is 10.5. The number of hydrogen-bond acceptors (Lipinski definition) is 10. The van der Waals surface area contributed by atoms with Gasteiger partial charge in [-0.1, -0.05) is 13.0 Å². The lowest BCUT2D eigenvalue weighted by molar-refractivity contribution is 0.0981. The fraction of sp³-hybridized carbons (Fsp3) is 0.429. The maximum Gasteiger partial charge on any atom is 0.281 e. The lowest BCUT2D eigenvalue weighted by atomic mass is 9.97. The highest BCUT2D eigenvalue weighted by Crippen LogP contribution is 2.38. The fourth-order valence-electron chi connectivity index (χ4n) is 4.96. The van der Waals surface area contributed by atoms with E-state index in [1.54, 1.807) is 18.3 Å². The summed E-state index contributed by atoms with van der Waals surface area (Å²) in [7, 11) is -4.26. The molecule has 0 bridgehead atoms. The second-order valence-corrected chi connectivity index (χ2v) is 12.2. The Morgan fingerprint density at radius 3 is 2.62 bits per heavy atom. The summed E-state index contributed by atoms with van der Waals surface area (Å²) in [4.78, 5) is 28.7. The minimum absolute atomic E-state index is 0.0319. The van der Waals surface area contributed by atoms with Crippen LogP contribution in [0.15, 0.2) is 47.6 Å². The van der Waals surface area contributed by atoms with Gasteiger partial charge >= 0.3 is 0 Å². The minimum Gasteiger partial charge on any atom is -0.475 e. The first-order valence-electron chi connectivity index (χ1n) is 13.2. The summed E-state index contributed by atoms with van der Waals surface area (Å²) in [6.45, 7) is 12.3. The van der Waals surface area contributed by atoms with Crippen molar-refractivity contribution in [3.63, 3.8) is 0 Å². The van der Waals surface area contributed by atoms with Gasteiger partial charge in [0, 0.05) is 36.0 Å². The number of carbonyl (C=O) groups excluding carboxylic acids is 1. The van der Waals surface area contributed by atoms with E-state index in [2.05, 4.69) is 40.4 Å². The number of nitrogen functional groups attached to an aromatic ring is 1. The normalized spacial score (nSPS) is 16.6. The molecule has 12 heteroatoms. The molecule has 1 atom stereocenters. The van der Waals surface area contributed by atoms with E-state index >= 15 is 0 Å². The van der Waals surface area contributed by atoms with Gasteiger partial charge in [-0.05, 0) is 70.4 Å². The highest BCUT2D eigenvalue weighted by molar-refractivity contribution is 7.90. The largest absolute Gasteiger partial charge is 0.475 e. The second kappa shape index (κ2) is 11.8. The SMILES string of the molecule is CCOCCOc1ncc(-c2ccc(C(=O)NS(=O)(=O)c3cccc(N)n3)c(N3C[C@@H](C)CC3(C)C)n2)cc1C. The van der Waals surface area contributed by atoms with Crippen molar-refractivity contribution in [2.24, 2.45) is 5.92 Å². The molecule has 0 radical (unpaired) electrons. The van der Waals surface area contributed by atoms with Crippen molar-refractivity contribution in [2.45, 2.75) is 51.6 Å². The molecule has 4 heterocycles. The number of sulfonamides is 1. The Morgan fingerprint density at radius 1 is 1.20 bits per heavy atom. The van der Waals surface area contributed by atoms with Crippen LogP contribution in [0.2, 0.25) is 0 Å². The Bertz CT molecular complexity index is 1490. The number of pyridine rings is 3. The van der Waals surface area contributed by atoms with Gasteiger partial charge in [-0.25, -0.2) is 19.7 Å². The van der Waals surface area contributed by atoms with Crippen molar-refractivity contribution < 1.29 is 22.7 Å². The topological polar surface area (TPSA) is 150 Å². The smallest absolute Gasteiger partial charge is 0.281 e. The summed E-state index contributed by atoms with van der Waals surface area (Å²) >= 11 is 0. The first-order chi connectivity index (χ1) is 18.9. The zero-order valence-electron chi connectivity index (χ0n) is 23.5. The number of ether oxygens (including phenoxy) is 2. The van der Waals surface area contributed by atoms with Crippen LogP contribution in [0.1, 0.15) is 50.0 Å². The number of aromatic nitrogens is 3. The van der Waals surface area contributed by atoms with Gasteiger partial charge in [0.2, 0.25) is 5.88 Å². The van der Waals surface area contributed by atoms with Crippen LogP contribution < -0.4 is 20.1 Å². The summed E-state index contributed by atoms with van der Waals surface area (Å²) < 4.78 is 39.1. The molecular formula is C28H36N6O5S. The molecule has 4 rings (SSSR count). The molecule has 40 heavy (non-hydrogen) atoms. The van der Waals surface area contributed by atoms with Crippen LogP contribution >= 0.6 is 0 Å². The van der Waals surface area contributed by atoms with Crippen LogP contribution in [0.25, 0.3) is 11.3 Å². The molecule has 3 aromatic rings. The van der Waals surface area contributed by atoms with E-state index in [1.807, 2.05) is 19.9 Å². The van der Waals surface area contributed by atoms with Crippen molar-refractivity contribution in [3.8, 4) is 17.1 Å². The monoisotopic (exact) mass is 568 g/mol. The van der Waals surface area contributed by atoms with E-state index < -0.39 is 15.9 Å². The molecule has 0 aliphatic carbocycles. The third-order valence-electron chi connectivity index (χ3n) is 6.69. The first kappa shape index (κ1) is 29.2. The molecule has 3 aromatic heterocycles. The molecule has 214 valence electrons. The Kier molecular flexibility index (Phi) is 8.59. The van der Waals surface area contributed by atoms with E-state index in [0.717, 1.165) is 17.5 Å². The van der Waals surface area contributed by atoms with Crippen molar-refractivity contribution in [2.75, 3.05) is 37.0 Å². The molecule has 0 aromatic carbocycles. The molecular weight excluding hydrogens is 532 g/mol. The van der Waals surface area contributed by atoms with Gasteiger partial charge in [-0.15, -0.1) is 0 Å². The fourth-order valence-corrected chi connectivity index (χ4v) is 5.90. The van der Waals surface area contributed by atoms with Crippen LogP contribution in [0.3, 0.4) is 0 Å². The van der Waals surface area contributed by atoms with Crippen molar-refractivity contribution >= 4 is 27.6 Å². The number of amides is 1. The third kappa shape index (κ3) is 6.50. The summed E-state index contributed by atoms with van der Waals surface area (Å²) in [6, 6.07) is 9.40. The van der Waals surface area contributed by atoms with Crippen LogP contribution in [0.4, 0.5) is 11.6 Å². The van der Waals surface area contributed by atoms with Gasteiger partial charge in [0.25, 0.3) is 15.9 Å². The van der Waals surface area contributed by atoms with Gasteiger partial charge in [0.15, 0.2) is 5.03 Å². The number of aryl methyl sites for hydroxylation is 1. The number of nitrogens with zero attached hydrogens (tertiary/aromatic N) is 4. The van der Waals surface area contributed by atoms with E-state index in [1.165, 1.54) is 18.2 Å². The van der Waals surface area contributed by atoms with Crippen LogP contribution in [-0.4, -0.2) is 61.2 Å². The molecule has 1 amide bonds. The van der Waals surface area contributed by atoms with E-state index in [9.17, 15) is 13.2 Å². The van der Waals surface area contributed by atoms with Crippen molar-refractivity contribution in [1.82, 2.24) is 19.7 Å². The lowest BCUT2D eigenvalue weighted by Crippen LogP contribution is -2.41. The molecule has 11 nitrogen and oxygen atoms in total. The highest BCUT2D eigenvalue weighted by atomic mass is 32.2. The molecule has 0 spiro atoms. The van der Waals surface area contributed by atoms with Gasteiger partial charge in [-0.2, -0.15) is 8.42 Å². The number of nitrogens with two attached hydrogens (primary N) is 1. The summed E-state index contributed by atoms with van der Waals surface area (Å²) in [5, 5.41) is -0.341. The van der Waals surface area contributed by atoms with E-state index in [-0.39, 0.29) is 21.9 Å². The zero-order valence-corrected chi connectivity index (χ0v) is 24.3. The first-order valence-corrected chi connectivity index (χ1v) is 14.7. The summed E-state index contributed by atoms with van der Waals surface area (Å²) in [6.07, 6.45) is 2.56. The van der Waals surface area contributed by atoms with Crippen LogP contribution in [0, 0.1) is 12.8 Å². The molecule has 1 fully saturated rings. The predicted molar refractivity (Wildman–Crippen MR) is 153 cm³/mol. The number of carbonyl (C=O) groups is 1. The number of hydrogen-bond donors (Lipinski definition) is 2. The summed E-state index contributed by atoms with van der Waals surface area (Å²) in [5.74, 6) is 0.489. The zero-order chi connectivity index (χ0) is 29.1. The van der Waals surface area contributed by atoms with Gasteiger partial charge < -0.3 is 20.1 Å². The molecule has 3 N–H and O–H groups in total. The predicted octanol–water partition coefficient (Wildman–Crippen LogP) is 3.59. The number of rotatable bonds is 10. The Labute approximate surface area is 235 Å². The number of nitrogens with one attached hydrogen (secondary N) is 1. The average molecular weight is 569 g/mol. The molecule has 0 saturated carbocycles. The maximum atomic E-state index is 13.4. The minimum atomic E-state index is -4.26. The highest BCUT2D eigenvalue weighted by Gasteiger charge is 2.39. The van der Waals surface area contributed by atoms with Gasteiger partial charge in [0.05, 0.1) is 17.9 Å². The van der Waals surface area contributed by atoms with Gasteiger partial charge in [0.1, 0.15) is 18.2 Å². The van der Waals surface area contributed by atoms with Crippen LogP contribution in [-0.2, 0) is 14.8 Å². The Balaban J connectivity index is 1.69. The van der Waals surface area contributed by atoms with Crippen LogP contribution in [0.5, 0.6) is 5.88 Å². The molecule has 1 aliphatic rings. The Morgan fingerprint density at radius 2 is 1.98 bits per heavy atom. The maximum absolute atomic E-state index is 13.4. The third-order valence-corrected chi connectivity index (χ3v) is 7.92. The quantitative estimate of drug-likeness (QED) is 0.347. The lowest BCUT2D eigenvalue weighted by Gasteiger charge is -2.34. The standard InChI is InChI=1S/C28H36N6O5S/c1-6-38-12-13-39-27-19(3)14-20(16-30-27)22-11-10-21(25(31-22)34-17-18(2)15-28(34,4)5)26(35)33-40(36,37)24-9-7-8-23(29)32-24/h7-11,14,16,18H,6,12-13,15,17H2,1-5H3,(H2,29,32)(H,33,35)/t18-/m0/s1. The van der Waals surface area contributed by atoms with Crippen molar-refractivity contribution in [3.05, 3.63) is 53.7 Å². The van der Waals surface area contributed by atoms with Crippen molar-refractivity contribution in [1.29, 1.82) is 0 Å². The molecule has 0 unspecified atom stereocenters. The summed E-state index contributed by atoms with van der Waals surface area (Å²) in [5.41, 5.74) is 7.65. The number of anilines is 2. The van der Waals surface area contributed by atoms with Gasteiger partial charge in [-0.3, -0.25) is 4.79 Å². The van der Waals surface area contributed by atoms with E-state index in [0.29, 0.717) is 49.7 Å². The van der Waals surface area contributed by atoms with E-state index in [4.69, 9.17) is 20.2 Å². The Hall–Kier alpha value is -3.77. The molecule has 1 aliphatic heterocycles. The average Bonchev–Trinajstić information content (AvgIpc) is 3.18. The molecule has 1 saturated heterocycles.